The molecular formula is C14H31NO2S. The molecule has 0 spiro atoms. The first-order valence-corrected chi connectivity index (χ1v) is 7.89. The summed E-state index contributed by atoms with van der Waals surface area (Å²) in [5, 5.41) is 9.18. The van der Waals surface area contributed by atoms with Gasteiger partial charge in [0.2, 0.25) is 0 Å². The maximum absolute atomic E-state index is 9.18. The summed E-state index contributed by atoms with van der Waals surface area (Å²) in [6.45, 7) is 11.1. The van der Waals surface area contributed by atoms with Crippen LogP contribution < -0.4 is 10.0 Å². The molecule has 0 aromatic rings. The van der Waals surface area contributed by atoms with Gasteiger partial charge in [0.1, 0.15) is 0 Å². The molecule has 0 radical (unpaired) electrons. The predicted molar refractivity (Wildman–Crippen MR) is 79.1 cm³/mol. The molecule has 0 unspecified atom stereocenters. The molecule has 4 heteroatoms. The van der Waals surface area contributed by atoms with Gasteiger partial charge in [-0.3, -0.25) is 0 Å². The number of carboxylic acids is 1. The topological polar surface area (TPSA) is 44.6 Å². The van der Waals surface area contributed by atoms with Gasteiger partial charge in [-0.05, 0) is 19.3 Å². The molecule has 0 bridgehead atoms. The molecule has 0 aromatic heterocycles. The summed E-state index contributed by atoms with van der Waals surface area (Å²) in [5.41, 5.74) is 0. The van der Waals surface area contributed by atoms with Gasteiger partial charge in [-0.15, -0.1) is 0 Å². The van der Waals surface area contributed by atoms with Gasteiger partial charge in [0.15, 0.2) is 0 Å². The fourth-order valence-corrected chi connectivity index (χ4v) is 1.66. The van der Waals surface area contributed by atoms with Crippen molar-refractivity contribution in [3.8, 4) is 0 Å². The van der Waals surface area contributed by atoms with Crippen LogP contribution in [0.4, 0.5) is 0 Å². The normalized spacial score (nSPS) is 10.1. The molecule has 110 valence electrons. The van der Waals surface area contributed by atoms with Crippen LogP contribution in [-0.2, 0) is 4.79 Å². The smallest absolute Gasteiger partial charge is 0.0770 e. The van der Waals surface area contributed by atoms with Crippen LogP contribution in [-0.4, -0.2) is 31.4 Å². The maximum Gasteiger partial charge on any atom is 0.0770 e. The first-order valence-electron chi connectivity index (χ1n) is 7.26. The van der Waals surface area contributed by atoms with E-state index in [1.807, 2.05) is 4.90 Å². The number of thiol groups is 1. The maximum atomic E-state index is 9.18. The molecule has 0 aliphatic rings. The van der Waals surface area contributed by atoms with E-state index in [-0.39, 0.29) is 5.75 Å². The standard InChI is InChI=1S/C12H27N.C2H4O2S/c1-4-7-10-13(11-8-5-2)12-9-6-3;3-2(4)1-5/h4-12H2,1-3H3;5H,1H2,(H,3,4). The third kappa shape index (κ3) is 18.2. The summed E-state index contributed by atoms with van der Waals surface area (Å²) < 4.78 is 0. The highest BCUT2D eigenvalue weighted by molar-refractivity contribution is 7.81. The second kappa shape index (κ2) is 16.8. The lowest BCUT2D eigenvalue weighted by Gasteiger charge is -2.18. The van der Waals surface area contributed by atoms with Gasteiger partial charge >= 0.3 is 0 Å². The van der Waals surface area contributed by atoms with E-state index in [0.717, 1.165) is 0 Å². The third-order valence-corrected chi connectivity index (χ3v) is 3.04. The minimum absolute atomic E-state index is 0.194. The first kappa shape index (κ1) is 20.1. The van der Waals surface area contributed by atoms with Crippen molar-refractivity contribution in [1.29, 1.82) is 0 Å². The van der Waals surface area contributed by atoms with E-state index in [1.54, 1.807) is 0 Å². The number of carbonyl (C=O) groups is 1. The quantitative estimate of drug-likeness (QED) is 0.584. The van der Waals surface area contributed by atoms with Gasteiger partial charge in [-0.2, -0.15) is 12.6 Å². The number of quaternary nitrogens is 1. The molecule has 18 heavy (non-hydrogen) atoms. The fourth-order valence-electron chi connectivity index (χ4n) is 1.66. The van der Waals surface area contributed by atoms with Crippen LogP contribution in [0.2, 0.25) is 0 Å². The second-order valence-electron chi connectivity index (χ2n) is 4.59. The van der Waals surface area contributed by atoms with Gasteiger partial charge in [-0.25, -0.2) is 0 Å². The summed E-state index contributed by atoms with van der Waals surface area (Å²) >= 11 is 3.35. The van der Waals surface area contributed by atoms with Crippen molar-refractivity contribution in [2.45, 2.75) is 59.3 Å². The summed E-state index contributed by atoms with van der Waals surface area (Å²) in [6, 6.07) is 0. The first-order chi connectivity index (χ1) is 8.62. The Kier molecular flexibility index (Phi) is 18.7. The highest BCUT2D eigenvalue weighted by Crippen LogP contribution is 1.85. The molecular weight excluding hydrogens is 246 g/mol. The Hall–Kier alpha value is -0.220. The number of unbranched alkanes of at least 4 members (excludes halogenated alkanes) is 3. The van der Waals surface area contributed by atoms with Crippen molar-refractivity contribution in [3.05, 3.63) is 0 Å². The van der Waals surface area contributed by atoms with Gasteiger partial charge in [0.05, 0.1) is 25.6 Å². The number of aliphatic carboxylic acids is 1. The lowest BCUT2D eigenvalue weighted by atomic mass is 10.2. The van der Waals surface area contributed by atoms with Crippen LogP contribution >= 0.6 is 12.6 Å². The Balaban J connectivity index is 0. The zero-order chi connectivity index (χ0) is 14.2. The van der Waals surface area contributed by atoms with Crippen LogP contribution in [0, 0.1) is 0 Å². The molecule has 0 aliphatic carbocycles. The molecule has 0 fully saturated rings. The van der Waals surface area contributed by atoms with Crippen molar-refractivity contribution in [1.82, 2.24) is 0 Å². The Morgan fingerprint density at radius 2 is 1.22 bits per heavy atom. The Labute approximate surface area is 118 Å². The van der Waals surface area contributed by atoms with Gasteiger partial charge in [-0.1, -0.05) is 40.0 Å². The second-order valence-corrected chi connectivity index (χ2v) is 4.91. The minimum Gasteiger partial charge on any atom is -0.549 e. The van der Waals surface area contributed by atoms with Crippen molar-refractivity contribution in [3.63, 3.8) is 0 Å². The monoisotopic (exact) mass is 277 g/mol. The number of carbonyl (C=O) groups excluding carboxylic acids is 1. The summed E-state index contributed by atoms with van der Waals surface area (Å²) in [7, 11) is 0. The van der Waals surface area contributed by atoms with Crippen molar-refractivity contribution < 1.29 is 14.8 Å². The number of rotatable bonds is 10. The molecule has 0 saturated carbocycles. The highest BCUT2D eigenvalue weighted by Gasteiger charge is 2.05. The van der Waals surface area contributed by atoms with Crippen molar-refractivity contribution in [2.75, 3.05) is 25.4 Å². The molecule has 1 N–H and O–H groups in total. The third-order valence-electron chi connectivity index (χ3n) is 2.78. The largest absolute Gasteiger partial charge is 0.549 e. The zero-order valence-electron chi connectivity index (χ0n) is 12.3. The van der Waals surface area contributed by atoms with E-state index >= 15 is 0 Å². The molecule has 0 aromatic carbocycles. The van der Waals surface area contributed by atoms with Crippen LogP contribution in [0.15, 0.2) is 0 Å². The van der Waals surface area contributed by atoms with Crippen LogP contribution in [0.25, 0.3) is 0 Å². The van der Waals surface area contributed by atoms with E-state index < -0.39 is 5.97 Å². The number of carboxylic acid groups (broad SMARTS) is 1. The van der Waals surface area contributed by atoms with E-state index in [1.165, 1.54) is 58.2 Å². The van der Waals surface area contributed by atoms with E-state index in [4.69, 9.17) is 0 Å². The molecule has 0 rings (SSSR count). The van der Waals surface area contributed by atoms with E-state index in [0.29, 0.717) is 0 Å². The van der Waals surface area contributed by atoms with Gasteiger partial charge in [0.25, 0.3) is 0 Å². The number of hydrogen-bond acceptors (Lipinski definition) is 3. The fraction of sp³-hybridized carbons (Fsp3) is 0.929. The number of nitrogens with one attached hydrogen (secondary N) is 1. The average Bonchev–Trinajstić information content (AvgIpc) is 2.38. The molecule has 0 aliphatic heterocycles. The summed E-state index contributed by atoms with van der Waals surface area (Å²) in [5.74, 6) is -1.33. The van der Waals surface area contributed by atoms with Crippen molar-refractivity contribution >= 4 is 18.6 Å². The Morgan fingerprint density at radius 3 is 1.39 bits per heavy atom. The lowest BCUT2D eigenvalue weighted by Crippen LogP contribution is -3.12. The Bertz CT molecular complexity index is 158. The van der Waals surface area contributed by atoms with Crippen LogP contribution in [0.5, 0.6) is 0 Å². The summed E-state index contributed by atoms with van der Waals surface area (Å²) in [6.07, 6.45) is 8.26. The Morgan fingerprint density at radius 1 is 0.944 bits per heavy atom. The molecule has 0 atom stereocenters. The van der Waals surface area contributed by atoms with Gasteiger partial charge in [0, 0.05) is 5.75 Å². The van der Waals surface area contributed by atoms with Crippen LogP contribution in [0.1, 0.15) is 59.3 Å². The molecule has 0 heterocycles. The molecule has 0 amide bonds. The zero-order valence-corrected chi connectivity index (χ0v) is 13.2. The van der Waals surface area contributed by atoms with Gasteiger partial charge < -0.3 is 14.8 Å². The van der Waals surface area contributed by atoms with Crippen LogP contribution in [0.3, 0.4) is 0 Å². The van der Waals surface area contributed by atoms with E-state index in [2.05, 4.69) is 33.4 Å². The van der Waals surface area contributed by atoms with Crippen molar-refractivity contribution in [2.24, 2.45) is 0 Å². The predicted octanol–water partition coefficient (Wildman–Crippen LogP) is 0.938. The summed E-state index contributed by atoms with van der Waals surface area (Å²) in [4.78, 5) is 11.0. The molecule has 0 saturated heterocycles. The number of hydrogen-bond donors (Lipinski definition) is 2. The van der Waals surface area contributed by atoms with E-state index in [9.17, 15) is 9.90 Å². The SMILES string of the molecule is CCCC[NH+](CCCC)CCCC.O=C([O-])CS. The highest BCUT2D eigenvalue weighted by atomic mass is 32.1. The lowest BCUT2D eigenvalue weighted by molar-refractivity contribution is -0.900. The minimum atomic E-state index is -1.13. The molecule has 3 nitrogen and oxygen atoms in total. The average molecular weight is 277 g/mol.